The molecule has 1 aromatic carbocycles. The summed E-state index contributed by atoms with van der Waals surface area (Å²) in [6.07, 6.45) is 7.89. The van der Waals surface area contributed by atoms with Gasteiger partial charge in [-0.2, -0.15) is 5.10 Å². The molecule has 3 aromatic rings. The summed E-state index contributed by atoms with van der Waals surface area (Å²) < 4.78 is 28.9. The average Bonchev–Trinajstić information content (AvgIpc) is 3.39. The number of rotatable bonds is 5. The number of nitrogens with zero attached hydrogens (tertiary/aromatic N) is 4. The van der Waals surface area contributed by atoms with E-state index in [4.69, 9.17) is 10.2 Å². The summed E-state index contributed by atoms with van der Waals surface area (Å²) in [5.41, 5.74) is 4.37. The molecule has 0 spiro atoms. The molecule has 4 rings (SSSR count). The quantitative estimate of drug-likeness (QED) is 0.454. The first-order valence-corrected chi connectivity index (χ1v) is 14.5. The number of nitrogens with two attached hydrogens (primary N) is 1. The van der Waals surface area contributed by atoms with Crippen LogP contribution >= 0.6 is 0 Å². The Kier molecular flexibility index (Phi) is 6.99. The molecule has 0 saturated heterocycles. The van der Waals surface area contributed by atoms with Gasteiger partial charge in [-0.3, -0.25) is 0 Å². The van der Waals surface area contributed by atoms with Crippen molar-refractivity contribution in [2.24, 2.45) is 11.1 Å². The molecule has 2 heterocycles. The smallest absolute Gasteiger partial charge is 0.239 e. The Hall–Kier alpha value is -2.45. The summed E-state index contributed by atoms with van der Waals surface area (Å²) in [5, 5.41) is 10.4. The fraction of sp³-hybridized carbons (Fsp3) is 0.571. The van der Waals surface area contributed by atoms with Gasteiger partial charge < -0.3 is 4.57 Å². The van der Waals surface area contributed by atoms with E-state index in [2.05, 4.69) is 69.3 Å². The van der Waals surface area contributed by atoms with E-state index in [1.54, 1.807) is 12.4 Å². The molecule has 0 amide bonds. The summed E-state index contributed by atoms with van der Waals surface area (Å²) in [5.74, 6) is 1.24. The van der Waals surface area contributed by atoms with Gasteiger partial charge in [-0.1, -0.05) is 52.2 Å². The van der Waals surface area contributed by atoms with Crippen LogP contribution in [0, 0.1) is 12.8 Å². The van der Waals surface area contributed by atoms with Gasteiger partial charge in [0.15, 0.2) is 5.82 Å². The van der Waals surface area contributed by atoms with E-state index in [9.17, 15) is 8.42 Å². The van der Waals surface area contributed by atoms with Gasteiger partial charge in [-0.15, -0.1) is 0 Å². The monoisotopic (exact) mass is 511 g/mol. The fourth-order valence-corrected chi connectivity index (χ4v) is 6.04. The largest absolute Gasteiger partial charge is 0.343 e. The number of primary sulfonamides is 1. The van der Waals surface area contributed by atoms with Crippen molar-refractivity contribution in [2.75, 3.05) is 0 Å². The molecule has 2 aromatic heterocycles. The Morgan fingerprint density at radius 3 is 2.25 bits per heavy atom. The molecule has 1 fully saturated rings. The average molecular weight is 512 g/mol. The maximum atomic E-state index is 12.4. The first-order chi connectivity index (χ1) is 16.7. The molecule has 0 aliphatic heterocycles. The van der Waals surface area contributed by atoms with Crippen molar-refractivity contribution in [3.8, 4) is 22.6 Å². The molecule has 0 bridgehead atoms. The third kappa shape index (κ3) is 5.44. The van der Waals surface area contributed by atoms with Crippen molar-refractivity contribution in [2.45, 2.75) is 103 Å². The normalized spacial score (nSPS) is 16.0. The molecule has 196 valence electrons. The van der Waals surface area contributed by atoms with E-state index in [1.165, 1.54) is 32.1 Å². The van der Waals surface area contributed by atoms with Crippen molar-refractivity contribution in [1.82, 2.24) is 19.3 Å². The molecular formula is C28H41N5O2S. The summed E-state index contributed by atoms with van der Waals surface area (Å²) in [7, 11) is -3.83. The standard InChI is InChI=1S/C28H41N5O2S/c1-19-25(36(29,34)35)16-24(32(19)17-20-11-9-8-10-12-20)21-13-14-22(23(15-21)27(2,3)4)26-30-18-33(31-26)28(5,6)7/h13-16,18,20H,8-12,17H2,1-7H3,(H2,29,34,35). The Labute approximate surface area is 216 Å². The van der Waals surface area contributed by atoms with Gasteiger partial charge in [-0.05, 0) is 75.1 Å². The lowest BCUT2D eigenvalue weighted by molar-refractivity contribution is 0.318. The van der Waals surface area contributed by atoms with Gasteiger partial charge >= 0.3 is 0 Å². The molecule has 0 atom stereocenters. The van der Waals surface area contributed by atoms with Crippen molar-refractivity contribution in [3.05, 3.63) is 41.9 Å². The van der Waals surface area contributed by atoms with Crippen LogP contribution in [0.2, 0.25) is 0 Å². The minimum Gasteiger partial charge on any atom is -0.343 e. The molecule has 1 aliphatic carbocycles. The van der Waals surface area contributed by atoms with Crippen LogP contribution in [0.1, 0.15) is 84.9 Å². The Bertz CT molecular complexity index is 1350. The highest BCUT2D eigenvalue weighted by atomic mass is 32.2. The van der Waals surface area contributed by atoms with Crippen molar-refractivity contribution >= 4 is 10.0 Å². The van der Waals surface area contributed by atoms with Gasteiger partial charge in [0.1, 0.15) is 11.2 Å². The lowest BCUT2D eigenvalue weighted by Gasteiger charge is -2.26. The summed E-state index contributed by atoms with van der Waals surface area (Å²) in [6.45, 7) is 15.5. The predicted octanol–water partition coefficient (Wildman–Crippen LogP) is 6.00. The zero-order valence-corrected chi connectivity index (χ0v) is 23.6. The second-order valence-corrected chi connectivity index (χ2v) is 13.9. The molecule has 7 nitrogen and oxygen atoms in total. The van der Waals surface area contributed by atoms with Crippen molar-refractivity contribution < 1.29 is 8.42 Å². The number of hydrogen-bond donors (Lipinski definition) is 1. The topological polar surface area (TPSA) is 95.8 Å². The zero-order chi connectivity index (χ0) is 26.5. The van der Waals surface area contributed by atoms with E-state index >= 15 is 0 Å². The minimum absolute atomic E-state index is 0.158. The van der Waals surface area contributed by atoms with Gasteiger partial charge in [0.2, 0.25) is 10.0 Å². The first kappa shape index (κ1) is 26.6. The van der Waals surface area contributed by atoms with Crippen LogP contribution in [-0.4, -0.2) is 27.7 Å². The fourth-order valence-electron chi connectivity index (χ4n) is 5.24. The van der Waals surface area contributed by atoms with Gasteiger partial charge in [0.25, 0.3) is 0 Å². The number of aromatic nitrogens is 4. The van der Waals surface area contributed by atoms with Crippen LogP contribution in [0.5, 0.6) is 0 Å². The second-order valence-electron chi connectivity index (χ2n) is 12.3. The van der Waals surface area contributed by atoms with Gasteiger partial charge in [0.05, 0.1) is 5.54 Å². The van der Waals surface area contributed by atoms with E-state index in [0.29, 0.717) is 17.4 Å². The Morgan fingerprint density at radius 2 is 1.69 bits per heavy atom. The second kappa shape index (κ2) is 9.45. The minimum atomic E-state index is -3.83. The predicted molar refractivity (Wildman–Crippen MR) is 145 cm³/mol. The van der Waals surface area contributed by atoms with Crippen LogP contribution in [0.25, 0.3) is 22.6 Å². The van der Waals surface area contributed by atoms with Crippen LogP contribution < -0.4 is 5.14 Å². The summed E-state index contributed by atoms with van der Waals surface area (Å²) >= 11 is 0. The lowest BCUT2D eigenvalue weighted by atomic mass is 9.82. The molecule has 1 aliphatic rings. The Morgan fingerprint density at radius 1 is 1.03 bits per heavy atom. The van der Waals surface area contributed by atoms with Crippen molar-refractivity contribution in [1.29, 1.82) is 0 Å². The van der Waals surface area contributed by atoms with Gasteiger partial charge in [-0.25, -0.2) is 23.2 Å². The maximum absolute atomic E-state index is 12.4. The molecule has 8 heteroatoms. The molecule has 1 saturated carbocycles. The molecular weight excluding hydrogens is 470 g/mol. The first-order valence-electron chi connectivity index (χ1n) is 13.0. The highest BCUT2D eigenvalue weighted by molar-refractivity contribution is 7.89. The van der Waals surface area contributed by atoms with Crippen LogP contribution in [0.4, 0.5) is 0 Å². The van der Waals surface area contributed by atoms with E-state index in [0.717, 1.165) is 28.9 Å². The van der Waals surface area contributed by atoms with E-state index < -0.39 is 10.0 Å². The number of hydrogen-bond acceptors (Lipinski definition) is 4. The SMILES string of the molecule is Cc1c(S(N)(=O)=O)cc(-c2ccc(-c3ncn(C(C)(C)C)n3)c(C(C)(C)C)c2)n1CC1CCCCC1. The van der Waals surface area contributed by atoms with E-state index in [1.807, 2.05) is 11.6 Å². The highest BCUT2D eigenvalue weighted by Crippen LogP contribution is 2.38. The Balaban J connectivity index is 1.85. The molecule has 0 radical (unpaired) electrons. The van der Waals surface area contributed by atoms with E-state index in [-0.39, 0.29) is 15.8 Å². The van der Waals surface area contributed by atoms with Crippen molar-refractivity contribution in [3.63, 3.8) is 0 Å². The summed E-state index contributed by atoms with van der Waals surface area (Å²) in [4.78, 5) is 4.83. The molecule has 2 N–H and O–H groups in total. The third-order valence-corrected chi connectivity index (χ3v) is 8.36. The van der Waals surface area contributed by atoms with Crippen LogP contribution in [0.15, 0.2) is 35.5 Å². The van der Waals surface area contributed by atoms with Crippen LogP contribution in [-0.2, 0) is 27.5 Å². The molecule has 36 heavy (non-hydrogen) atoms. The molecule has 0 unspecified atom stereocenters. The zero-order valence-electron chi connectivity index (χ0n) is 22.8. The van der Waals surface area contributed by atoms with Crippen LogP contribution in [0.3, 0.4) is 0 Å². The van der Waals surface area contributed by atoms with Gasteiger partial charge in [0, 0.05) is 23.5 Å². The number of sulfonamides is 1. The summed E-state index contributed by atoms with van der Waals surface area (Å²) in [6, 6.07) is 8.05. The third-order valence-electron chi connectivity index (χ3n) is 7.34. The lowest BCUT2D eigenvalue weighted by Crippen LogP contribution is -2.22. The highest BCUT2D eigenvalue weighted by Gasteiger charge is 2.27. The maximum Gasteiger partial charge on any atom is 0.239 e. The number of benzene rings is 1.